The van der Waals surface area contributed by atoms with Crippen LogP contribution in [0.25, 0.3) is 10.8 Å². The van der Waals surface area contributed by atoms with Gasteiger partial charge in [0, 0.05) is 0 Å². The smallest absolute Gasteiger partial charge is 0.243 e. The molecule has 31 heavy (non-hydrogen) atoms. The molecule has 0 aliphatic rings. The van der Waals surface area contributed by atoms with Crippen LogP contribution >= 0.6 is 23.2 Å². The summed E-state index contributed by atoms with van der Waals surface area (Å²) in [7, 11) is -3.75. The number of fused-ring (bicyclic) bond motifs is 1. The molecule has 0 spiro atoms. The van der Waals surface area contributed by atoms with Crippen LogP contribution in [-0.4, -0.2) is 39.8 Å². The number of hydrogen-bond acceptors (Lipinski definition) is 4. The summed E-state index contributed by atoms with van der Waals surface area (Å²) >= 11 is 11.9. The number of anilines is 1. The number of amides is 1. The minimum Gasteiger partial charge on any atom is -0.492 e. The minimum absolute atomic E-state index is 0.198. The summed E-state index contributed by atoms with van der Waals surface area (Å²) in [6.07, 6.45) is 1.03. The molecule has 0 fully saturated rings. The van der Waals surface area contributed by atoms with Crippen molar-refractivity contribution in [2.45, 2.75) is 13.0 Å². The lowest BCUT2D eigenvalue weighted by molar-refractivity contribution is -0.121. The maximum absolute atomic E-state index is 12.6. The summed E-state index contributed by atoms with van der Waals surface area (Å²) in [5.41, 5.74) is 0.256. The number of sulfonamides is 1. The van der Waals surface area contributed by atoms with Crippen molar-refractivity contribution in [2.24, 2.45) is 0 Å². The van der Waals surface area contributed by atoms with Crippen molar-refractivity contribution in [1.82, 2.24) is 5.32 Å². The largest absolute Gasteiger partial charge is 0.492 e. The summed E-state index contributed by atoms with van der Waals surface area (Å²) in [4.78, 5) is 12.6. The van der Waals surface area contributed by atoms with Crippen molar-refractivity contribution in [3.05, 3.63) is 70.7 Å². The van der Waals surface area contributed by atoms with E-state index in [1.165, 1.54) is 25.1 Å². The Morgan fingerprint density at radius 1 is 1.03 bits per heavy atom. The number of hydrogen-bond donors (Lipinski definition) is 1. The molecule has 0 radical (unpaired) electrons. The molecule has 3 rings (SSSR count). The highest BCUT2D eigenvalue weighted by Gasteiger charge is 2.29. The quantitative estimate of drug-likeness (QED) is 0.481. The van der Waals surface area contributed by atoms with Gasteiger partial charge in [-0.2, -0.15) is 0 Å². The Hall–Kier alpha value is -2.48. The van der Waals surface area contributed by atoms with E-state index in [1.807, 2.05) is 42.5 Å². The average molecular weight is 481 g/mol. The first-order valence-corrected chi connectivity index (χ1v) is 12.1. The van der Waals surface area contributed by atoms with Gasteiger partial charge < -0.3 is 10.1 Å². The van der Waals surface area contributed by atoms with E-state index in [2.05, 4.69) is 5.32 Å². The molecule has 0 saturated carbocycles. The molecule has 6 nitrogen and oxygen atoms in total. The van der Waals surface area contributed by atoms with E-state index in [1.54, 1.807) is 0 Å². The SMILES string of the molecule is C[C@H](C(=O)NCCOc1ccc2ccccc2c1)N(c1ccc(Cl)c(Cl)c1)S(C)(=O)=O. The average Bonchev–Trinajstić information content (AvgIpc) is 2.72. The van der Waals surface area contributed by atoms with Gasteiger partial charge in [-0.25, -0.2) is 8.42 Å². The number of benzene rings is 3. The number of ether oxygens (including phenoxy) is 1. The minimum atomic E-state index is -3.75. The summed E-state index contributed by atoms with van der Waals surface area (Å²) in [5.74, 6) is 0.230. The summed E-state index contributed by atoms with van der Waals surface area (Å²) in [6, 6.07) is 17.1. The van der Waals surface area contributed by atoms with Gasteiger partial charge in [-0.05, 0) is 48.0 Å². The van der Waals surface area contributed by atoms with Crippen LogP contribution in [0, 0.1) is 0 Å². The van der Waals surface area contributed by atoms with Crippen LogP contribution in [0.1, 0.15) is 6.92 Å². The molecule has 0 aliphatic heterocycles. The number of nitrogens with zero attached hydrogens (tertiary/aromatic N) is 1. The van der Waals surface area contributed by atoms with Gasteiger partial charge in [0.15, 0.2) is 0 Å². The Balaban J connectivity index is 1.61. The van der Waals surface area contributed by atoms with Crippen LogP contribution < -0.4 is 14.4 Å². The number of carbonyl (C=O) groups is 1. The lowest BCUT2D eigenvalue weighted by atomic mass is 10.1. The van der Waals surface area contributed by atoms with Crippen molar-refractivity contribution < 1.29 is 17.9 Å². The normalized spacial score (nSPS) is 12.4. The zero-order chi connectivity index (χ0) is 22.6. The van der Waals surface area contributed by atoms with Crippen molar-refractivity contribution in [3.8, 4) is 5.75 Å². The van der Waals surface area contributed by atoms with Crippen molar-refractivity contribution >= 4 is 55.6 Å². The van der Waals surface area contributed by atoms with Crippen LogP contribution in [0.5, 0.6) is 5.75 Å². The van der Waals surface area contributed by atoms with Gasteiger partial charge in [0.2, 0.25) is 15.9 Å². The first-order chi connectivity index (χ1) is 14.7. The van der Waals surface area contributed by atoms with Gasteiger partial charge in [0.05, 0.1) is 28.5 Å². The molecule has 1 amide bonds. The fourth-order valence-electron chi connectivity index (χ4n) is 3.18. The number of carbonyl (C=O) groups excluding carboxylic acids is 1. The molecule has 0 saturated heterocycles. The van der Waals surface area contributed by atoms with Gasteiger partial charge in [0.1, 0.15) is 18.4 Å². The van der Waals surface area contributed by atoms with E-state index in [4.69, 9.17) is 27.9 Å². The molecule has 3 aromatic carbocycles. The molecule has 1 atom stereocenters. The lowest BCUT2D eigenvalue weighted by Gasteiger charge is -2.28. The van der Waals surface area contributed by atoms with Crippen LogP contribution in [-0.2, 0) is 14.8 Å². The first kappa shape index (κ1) is 23.2. The number of nitrogens with one attached hydrogen (secondary N) is 1. The maximum atomic E-state index is 12.6. The Morgan fingerprint density at radius 3 is 2.42 bits per heavy atom. The van der Waals surface area contributed by atoms with E-state index in [0.717, 1.165) is 21.3 Å². The molecular weight excluding hydrogens is 459 g/mol. The predicted octanol–water partition coefficient (Wildman–Crippen LogP) is 4.50. The molecule has 164 valence electrons. The monoisotopic (exact) mass is 480 g/mol. The molecular formula is C22H22Cl2N2O4S. The molecule has 9 heteroatoms. The van der Waals surface area contributed by atoms with Gasteiger partial charge in [0.25, 0.3) is 0 Å². The van der Waals surface area contributed by atoms with Gasteiger partial charge in [-0.15, -0.1) is 0 Å². The zero-order valence-electron chi connectivity index (χ0n) is 17.0. The van der Waals surface area contributed by atoms with Gasteiger partial charge in [-0.3, -0.25) is 9.10 Å². The fourth-order valence-corrected chi connectivity index (χ4v) is 4.64. The topological polar surface area (TPSA) is 75.7 Å². The van der Waals surface area contributed by atoms with E-state index >= 15 is 0 Å². The van der Waals surface area contributed by atoms with Gasteiger partial charge >= 0.3 is 0 Å². The predicted molar refractivity (Wildman–Crippen MR) is 126 cm³/mol. The van der Waals surface area contributed by atoms with Crippen molar-refractivity contribution in [2.75, 3.05) is 23.7 Å². The second kappa shape index (κ2) is 9.77. The van der Waals surface area contributed by atoms with E-state index < -0.39 is 22.0 Å². The third-order valence-electron chi connectivity index (χ3n) is 4.64. The molecule has 0 aromatic heterocycles. The highest BCUT2D eigenvalue weighted by atomic mass is 35.5. The molecule has 1 N–H and O–H groups in total. The van der Waals surface area contributed by atoms with Gasteiger partial charge in [-0.1, -0.05) is 53.5 Å². The number of halogens is 2. The Morgan fingerprint density at radius 2 is 1.74 bits per heavy atom. The van der Waals surface area contributed by atoms with Crippen LogP contribution in [0.15, 0.2) is 60.7 Å². The summed E-state index contributed by atoms with van der Waals surface area (Å²) < 4.78 is 31.4. The molecule has 0 aliphatic carbocycles. The zero-order valence-corrected chi connectivity index (χ0v) is 19.3. The van der Waals surface area contributed by atoms with Crippen molar-refractivity contribution in [1.29, 1.82) is 0 Å². The van der Waals surface area contributed by atoms with Crippen molar-refractivity contribution in [3.63, 3.8) is 0 Å². The third kappa shape index (κ3) is 5.81. The summed E-state index contributed by atoms with van der Waals surface area (Å²) in [6.45, 7) is 1.96. The van der Waals surface area contributed by atoms with Crippen LogP contribution in [0.4, 0.5) is 5.69 Å². The first-order valence-electron chi connectivity index (χ1n) is 9.50. The van der Waals surface area contributed by atoms with E-state index in [0.29, 0.717) is 10.8 Å². The fraction of sp³-hybridized carbons (Fsp3) is 0.227. The maximum Gasteiger partial charge on any atom is 0.243 e. The van der Waals surface area contributed by atoms with Crippen LogP contribution in [0.2, 0.25) is 10.0 Å². The highest BCUT2D eigenvalue weighted by molar-refractivity contribution is 7.92. The Bertz CT molecular complexity index is 1200. The van der Waals surface area contributed by atoms with E-state index in [9.17, 15) is 13.2 Å². The Labute approximate surface area is 191 Å². The molecule has 0 bridgehead atoms. The molecule has 3 aromatic rings. The highest BCUT2D eigenvalue weighted by Crippen LogP contribution is 2.29. The number of rotatable bonds is 8. The summed E-state index contributed by atoms with van der Waals surface area (Å²) in [5, 5.41) is 5.37. The standard InChI is InChI=1S/C22H22Cl2N2O4S/c1-15(26(31(2,28)29)18-8-10-20(23)21(24)14-18)22(27)25-11-12-30-19-9-7-16-5-3-4-6-17(16)13-19/h3-10,13-15H,11-12H2,1-2H3,(H,25,27)/t15-/m1/s1. The van der Waals surface area contributed by atoms with E-state index in [-0.39, 0.29) is 23.9 Å². The molecule has 0 heterocycles. The molecule has 0 unspecified atom stereocenters. The lowest BCUT2D eigenvalue weighted by Crippen LogP contribution is -2.48. The Kier molecular flexibility index (Phi) is 7.30. The van der Waals surface area contributed by atoms with Crippen LogP contribution in [0.3, 0.4) is 0 Å². The second-order valence-electron chi connectivity index (χ2n) is 6.98. The third-order valence-corrected chi connectivity index (χ3v) is 6.62. The second-order valence-corrected chi connectivity index (χ2v) is 9.66.